The zero-order chi connectivity index (χ0) is 15.4. The Bertz CT molecular complexity index is 669. The van der Waals surface area contributed by atoms with Gasteiger partial charge in [-0.15, -0.1) is 5.10 Å². The van der Waals surface area contributed by atoms with Gasteiger partial charge in [0.1, 0.15) is 12.4 Å². The minimum Gasteiger partial charge on any atom is -0.491 e. The van der Waals surface area contributed by atoms with Crippen molar-refractivity contribution >= 4 is 5.91 Å². The monoisotopic (exact) mass is 290 g/mol. The van der Waals surface area contributed by atoms with Crippen molar-refractivity contribution in [3.63, 3.8) is 0 Å². The van der Waals surface area contributed by atoms with Crippen LogP contribution in [0, 0.1) is 13.8 Å². The van der Waals surface area contributed by atoms with Crippen LogP contribution in [0.25, 0.3) is 0 Å². The average Bonchev–Trinajstić information content (AvgIpc) is 2.85. The maximum absolute atomic E-state index is 11.8. The Morgan fingerprint density at radius 2 is 2.05 bits per heavy atom. The average molecular weight is 290 g/mol. The van der Waals surface area contributed by atoms with Crippen molar-refractivity contribution in [2.75, 3.05) is 6.61 Å². The number of amides is 1. The molecule has 0 aliphatic heterocycles. The van der Waals surface area contributed by atoms with Gasteiger partial charge in [-0.05, 0) is 31.9 Å². The fraction of sp³-hybridized carbons (Fsp3) is 0.357. The standard InChI is InChI=1S/C14H18N4O3/c1-8-5-4-6-9(2)11(8)21-7-10(3)15-13(19)12-16-14(20)18-17-12/h4-6,10H,7H2,1-3H3,(H,15,19)(H2,16,17,18,20). The van der Waals surface area contributed by atoms with Gasteiger partial charge in [-0.1, -0.05) is 18.2 Å². The Morgan fingerprint density at radius 1 is 1.38 bits per heavy atom. The number of rotatable bonds is 5. The van der Waals surface area contributed by atoms with Crippen molar-refractivity contribution in [3.05, 3.63) is 45.6 Å². The highest BCUT2D eigenvalue weighted by Gasteiger charge is 2.14. The molecule has 0 spiro atoms. The second-order valence-electron chi connectivity index (χ2n) is 4.93. The first-order valence-electron chi connectivity index (χ1n) is 6.62. The summed E-state index contributed by atoms with van der Waals surface area (Å²) in [6, 6.07) is 5.69. The van der Waals surface area contributed by atoms with Crippen LogP contribution >= 0.6 is 0 Å². The number of nitrogens with zero attached hydrogens (tertiary/aromatic N) is 1. The van der Waals surface area contributed by atoms with Crippen molar-refractivity contribution in [1.82, 2.24) is 20.5 Å². The Labute approximate surface area is 121 Å². The summed E-state index contributed by atoms with van der Waals surface area (Å²) < 4.78 is 5.76. The molecule has 0 aliphatic carbocycles. The number of carbonyl (C=O) groups excluding carboxylic acids is 1. The van der Waals surface area contributed by atoms with E-state index in [2.05, 4.69) is 20.5 Å². The Balaban J connectivity index is 1.92. The van der Waals surface area contributed by atoms with Crippen LogP contribution in [0.5, 0.6) is 5.75 Å². The molecule has 7 heteroatoms. The zero-order valence-corrected chi connectivity index (χ0v) is 12.2. The summed E-state index contributed by atoms with van der Waals surface area (Å²) in [6.07, 6.45) is 0. The van der Waals surface area contributed by atoms with Crippen LogP contribution in [-0.4, -0.2) is 33.7 Å². The van der Waals surface area contributed by atoms with E-state index in [1.54, 1.807) is 0 Å². The van der Waals surface area contributed by atoms with Gasteiger partial charge in [0, 0.05) is 0 Å². The molecule has 1 atom stereocenters. The number of para-hydroxylation sites is 1. The summed E-state index contributed by atoms with van der Waals surface area (Å²) in [5.74, 6) is 0.330. The molecule has 0 aliphatic rings. The largest absolute Gasteiger partial charge is 0.491 e. The summed E-state index contributed by atoms with van der Waals surface area (Å²) in [6.45, 7) is 6.09. The number of nitrogens with one attached hydrogen (secondary N) is 3. The quantitative estimate of drug-likeness (QED) is 0.762. The lowest BCUT2D eigenvalue weighted by atomic mass is 10.1. The van der Waals surface area contributed by atoms with E-state index in [4.69, 9.17) is 4.74 Å². The molecule has 1 aromatic carbocycles. The molecular weight excluding hydrogens is 272 g/mol. The first-order valence-corrected chi connectivity index (χ1v) is 6.62. The van der Waals surface area contributed by atoms with E-state index in [1.165, 1.54) is 0 Å². The molecular formula is C14H18N4O3. The van der Waals surface area contributed by atoms with Crippen molar-refractivity contribution in [2.24, 2.45) is 0 Å². The highest BCUT2D eigenvalue weighted by molar-refractivity contribution is 5.90. The van der Waals surface area contributed by atoms with E-state index in [0.29, 0.717) is 6.61 Å². The van der Waals surface area contributed by atoms with Gasteiger partial charge in [0.15, 0.2) is 0 Å². The minimum absolute atomic E-state index is 0.0427. The molecule has 7 nitrogen and oxygen atoms in total. The van der Waals surface area contributed by atoms with Gasteiger partial charge < -0.3 is 10.1 Å². The predicted molar refractivity (Wildman–Crippen MR) is 77.5 cm³/mol. The molecule has 2 aromatic rings. The number of hydrogen-bond donors (Lipinski definition) is 3. The number of carbonyl (C=O) groups is 1. The van der Waals surface area contributed by atoms with Crippen molar-refractivity contribution in [3.8, 4) is 5.75 Å². The van der Waals surface area contributed by atoms with Gasteiger partial charge in [-0.3, -0.25) is 9.78 Å². The van der Waals surface area contributed by atoms with E-state index in [0.717, 1.165) is 16.9 Å². The van der Waals surface area contributed by atoms with Crippen LogP contribution in [0.3, 0.4) is 0 Å². The molecule has 2 rings (SSSR count). The van der Waals surface area contributed by atoms with Crippen molar-refractivity contribution in [2.45, 2.75) is 26.8 Å². The number of aromatic amines is 2. The summed E-state index contributed by atoms with van der Waals surface area (Å²) in [7, 11) is 0. The number of ether oxygens (including phenoxy) is 1. The number of hydrogen-bond acceptors (Lipinski definition) is 4. The number of H-pyrrole nitrogens is 2. The van der Waals surface area contributed by atoms with Crippen LogP contribution in [0.1, 0.15) is 28.7 Å². The molecule has 21 heavy (non-hydrogen) atoms. The SMILES string of the molecule is Cc1cccc(C)c1OCC(C)NC(=O)c1n[nH]c(=O)[nH]1. The number of aryl methyl sites for hydroxylation is 2. The second-order valence-corrected chi connectivity index (χ2v) is 4.93. The maximum atomic E-state index is 11.8. The lowest BCUT2D eigenvalue weighted by Crippen LogP contribution is -2.37. The third-order valence-corrected chi connectivity index (χ3v) is 2.98. The van der Waals surface area contributed by atoms with Crippen molar-refractivity contribution < 1.29 is 9.53 Å². The topological polar surface area (TPSA) is 99.9 Å². The molecule has 0 fully saturated rings. The third-order valence-electron chi connectivity index (χ3n) is 2.98. The molecule has 0 radical (unpaired) electrons. The van der Waals surface area contributed by atoms with Gasteiger partial charge in [-0.25, -0.2) is 9.89 Å². The van der Waals surface area contributed by atoms with Crippen molar-refractivity contribution in [1.29, 1.82) is 0 Å². The molecule has 1 unspecified atom stereocenters. The third kappa shape index (κ3) is 3.71. The lowest BCUT2D eigenvalue weighted by molar-refractivity contribution is 0.0916. The van der Waals surface area contributed by atoms with Gasteiger partial charge in [0.05, 0.1) is 6.04 Å². The van der Waals surface area contributed by atoms with E-state index in [-0.39, 0.29) is 11.9 Å². The van der Waals surface area contributed by atoms with Crippen LogP contribution in [0.15, 0.2) is 23.0 Å². The zero-order valence-electron chi connectivity index (χ0n) is 12.2. The molecule has 3 N–H and O–H groups in total. The van der Waals surface area contributed by atoms with E-state index < -0.39 is 11.6 Å². The molecule has 0 saturated carbocycles. The summed E-state index contributed by atoms with van der Waals surface area (Å²) in [5, 5.41) is 8.41. The van der Waals surface area contributed by atoms with Crippen LogP contribution in [-0.2, 0) is 0 Å². The van der Waals surface area contributed by atoms with Gasteiger partial charge in [-0.2, -0.15) is 0 Å². The molecule has 1 aromatic heterocycles. The van der Waals surface area contributed by atoms with E-state index in [9.17, 15) is 9.59 Å². The summed E-state index contributed by atoms with van der Waals surface area (Å²) in [5.41, 5.74) is 1.58. The van der Waals surface area contributed by atoms with Crippen LogP contribution in [0.4, 0.5) is 0 Å². The van der Waals surface area contributed by atoms with Gasteiger partial charge in [0.2, 0.25) is 5.82 Å². The van der Waals surface area contributed by atoms with Crippen LogP contribution in [0.2, 0.25) is 0 Å². The Morgan fingerprint density at radius 3 is 2.62 bits per heavy atom. The highest BCUT2D eigenvalue weighted by atomic mass is 16.5. The fourth-order valence-electron chi connectivity index (χ4n) is 1.95. The first kappa shape index (κ1) is 14.8. The molecule has 0 bridgehead atoms. The van der Waals surface area contributed by atoms with Gasteiger partial charge >= 0.3 is 5.69 Å². The summed E-state index contributed by atoms with van der Waals surface area (Å²) >= 11 is 0. The molecule has 1 amide bonds. The Kier molecular flexibility index (Phi) is 4.42. The van der Waals surface area contributed by atoms with Gasteiger partial charge in [0.25, 0.3) is 5.91 Å². The first-order chi connectivity index (χ1) is 9.97. The number of benzene rings is 1. The Hall–Kier alpha value is -2.57. The maximum Gasteiger partial charge on any atom is 0.341 e. The van der Waals surface area contributed by atoms with E-state index >= 15 is 0 Å². The van der Waals surface area contributed by atoms with E-state index in [1.807, 2.05) is 39.0 Å². The fourth-order valence-corrected chi connectivity index (χ4v) is 1.95. The normalized spacial score (nSPS) is 12.0. The lowest BCUT2D eigenvalue weighted by Gasteiger charge is -2.16. The number of aromatic nitrogens is 3. The summed E-state index contributed by atoms with van der Waals surface area (Å²) in [4.78, 5) is 25.0. The minimum atomic E-state index is -0.514. The molecule has 0 saturated heterocycles. The molecule has 1 heterocycles. The highest BCUT2D eigenvalue weighted by Crippen LogP contribution is 2.22. The van der Waals surface area contributed by atoms with Crippen LogP contribution < -0.4 is 15.7 Å². The predicted octanol–water partition coefficient (Wildman–Crippen LogP) is 0.912. The molecule has 112 valence electrons. The second kappa shape index (κ2) is 6.25. The smallest absolute Gasteiger partial charge is 0.341 e.